The maximum Gasteiger partial charge on any atom is 0.337 e. The number of nitrogens with one attached hydrogen (secondary N) is 2. The minimum Gasteiger partial charge on any atom is -0.463 e. The van der Waals surface area contributed by atoms with Crippen molar-refractivity contribution in [2.45, 2.75) is 19.8 Å². The van der Waals surface area contributed by atoms with E-state index in [2.05, 4.69) is 15.5 Å². The zero-order chi connectivity index (χ0) is 15.2. The zero-order valence-corrected chi connectivity index (χ0v) is 12.4. The highest BCUT2D eigenvalue weighted by molar-refractivity contribution is 5.93. The second kappa shape index (κ2) is 7.42. The van der Waals surface area contributed by atoms with Gasteiger partial charge in [0.25, 0.3) is 0 Å². The monoisotopic (exact) mass is 297 g/mol. The molecule has 0 saturated carbocycles. The lowest BCUT2D eigenvalue weighted by molar-refractivity contribution is -0.138. The van der Waals surface area contributed by atoms with Crippen molar-refractivity contribution in [2.75, 3.05) is 39.4 Å². The number of likely N-dealkylation sites (tertiary alicyclic amines) is 1. The third-order valence-corrected chi connectivity index (χ3v) is 3.82. The molecule has 3 N–H and O–H groups in total. The summed E-state index contributed by atoms with van der Waals surface area (Å²) in [6, 6.07) is -0.297. The van der Waals surface area contributed by atoms with Crippen LogP contribution in [0.3, 0.4) is 0 Å². The number of nitrogens with zero attached hydrogens (tertiary/aromatic N) is 1. The first kappa shape index (κ1) is 15.8. The van der Waals surface area contributed by atoms with Crippen molar-refractivity contribution in [2.24, 2.45) is 5.92 Å². The van der Waals surface area contributed by atoms with Crippen LogP contribution in [-0.2, 0) is 9.53 Å². The molecule has 0 aromatic rings. The van der Waals surface area contributed by atoms with Crippen molar-refractivity contribution in [3.63, 3.8) is 0 Å². The van der Waals surface area contributed by atoms with Crippen LogP contribution >= 0.6 is 0 Å². The fourth-order valence-electron chi connectivity index (χ4n) is 2.75. The average Bonchev–Trinajstić information content (AvgIpc) is 2.48. The van der Waals surface area contributed by atoms with Gasteiger partial charge in [-0.05, 0) is 32.2 Å². The summed E-state index contributed by atoms with van der Waals surface area (Å²) in [5.41, 5.74) is 1.08. The van der Waals surface area contributed by atoms with Gasteiger partial charge in [0, 0.05) is 25.4 Å². The minimum absolute atomic E-state index is 0.175. The first-order valence-electron chi connectivity index (χ1n) is 7.41. The Morgan fingerprint density at radius 2 is 2.33 bits per heavy atom. The van der Waals surface area contributed by atoms with E-state index in [4.69, 9.17) is 4.74 Å². The van der Waals surface area contributed by atoms with Crippen molar-refractivity contribution < 1.29 is 19.4 Å². The highest BCUT2D eigenvalue weighted by Crippen LogP contribution is 2.18. The molecule has 2 heterocycles. The lowest BCUT2D eigenvalue weighted by Gasteiger charge is -2.33. The van der Waals surface area contributed by atoms with Crippen molar-refractivity contribution >= 4 is 12.0 Å². The third kappa shape index (κ3) is 4.18. The van der Waals surface area contributed by atoms with Crippen LogP contribution in [-0.4, -0.2) is 61.4 Å². The zero-order valence-electron chi connectivity index (χ0n) is 12.4. The number of rotatable bonds is 5. The van der Waals surface area contributed by atoms with Crippen molar-refractivity contribution in [3.8, 4) is 0 Å². The highest BCUT2D eigenvalue weighted by atomic mass is 16.5. The Bertz CT molecular complexity index is 436. The summed E-state index contributed by atoms with van der Waals surface area (Å²) < 4.78 is 5.03. The molecule has 2 aliphatic heterocycles. The number of amides is 2. The quantitative estimate of drug-likeness (QED) is 0.612. The summed E-state index contributed by atoms with van der Waals surface area (Å²) in [6.07, 6.45) is 2.03. The summed E-state index contributed by atoms with van der Waals surface area (Å²) in [4.78, 5) is 25.6. The molecule has 0 spiro atoms. The number of carbonyl (C=O) groups is 2. The molecule has 0 aromatic heterocycles. The second-order valence-corrected chi connectivity index (χ2v) is 5.41. The van der Waals surface area contributed by atoms with E-state index >= 15 is 0 Å². The van der Waals surface area contributed by atoms with Crippen molar-refractivity contribution in [3.05, 3.63) is 11.3 Å². The van der Waals surface area contributed by atoms with Gasteiger partial charge in [-0.25, -0.2) is 9.59 Å². The van der Waals surface area contributed by atoms with Gasteiger partial charge >= 0.3 is 12.0 Å². The van der Waals surface area contributed by atoms with Gasteiger partial charge in [0.1, 0.15) is 0 Å². The molecule has 0 radical (unpaired) electrons. The predicted octanol–water partition coefficient (Wildman–Crippen LogP) is -0.179. The molecule has 2 amide bonds. The lowest BCUT2D eigenvalue weighted by atomic mass is 9.98. The number of carbonyl (C=O) groups excluding carboxylic acids is 2. The number of hydrogen-bond acceptors (Lipinski definition) is 5. The fraction of sp³-hybridized carbons (Fsp3) is 0.714. The number of aliphatic hydroxyl groups excluding tert-OH is 1. The molecule has 2 aliphatic rings. The lowest BCUT2D eigenvalue weighted by Crippen LogP contribution is -2.48. The van der Waals surface area contributed by atoms with E-state index < -0.39 is 5.97 Å². The predicted molar refractivity (Wildman–Crippen MR) is 76.4 cm³/mol. The highest BCUT2D eigenvalue weighted by Gasteiger charge is 2.27. The molecular weight excluding hydrogens is 274 g/mol. The molecule has 0 aromatic carbocycles. The van der Waals surface area contributed by atoms with Gasteiger partial charge in [-0.1, -0.05) is 0 Å². The van der Waals surface area contributed by atoms with Crippen LogP contribution in [0.2, 0.25) is 0 Å². The van der Waals surface area contributed by atoms with Gasteiger partial charge < -0.3 is 20.5 Å². The molecule has 0 aliphatic carbocycles. The summed E-state index contributed by atoms with van der Waals surface area (Å²) in [6.45, 7) is 4.60. The van der Waals surface area contributed by atoms with Crippen molar-refractivity contribution in [1.29, 1.82) is 0 Å². The topological polar surface area (TPSA) is 90.9 Å². The van der Waals surface area contributed by atoms with Gasteiger partial charge in [-0.15, -0.1) is 0 Å². The molecule has 1 atom stereocenters. The molecule has 0 bridgehead atoms. The smallest absolute Gasteiger partial charge is 0.337 e. The normalized spacial score (nSPS) is 23.5. The number of ether oxygens (including phenoxy) is 1. The summed E-state index contributed by atoms with van der Waals surface area (Å²) in [7, 11) is 0. The Labute approximate surface area is 124 Å². The van der Waals surface area contributed by atoms with E-state index in [0.29, 0.717) is 24.4 Å². The van der Waals surface area contributed by atoms with Gasteiger partial charge in [0.05, 0.1) is 18.7 Å². The van der Waals surface area contributed by atoms with Crippen LogP contribution in [0.5, 0.6) is 0 Å². The van der Waals surface area contributed by atoms with Crippen LogP contribution in [0, 0.1) is 5.92 Å². The number of piperidine rings is 1. The molecule has 21 heavy (non-hydrogen) atoms. The van der Waals surface area contributed by atoms with Crippen LogP contribution in [0.25, 0.3) is 0 Å². The largest absolute Gasteiger partial charge is 0.463 e. The summed E-state index contributed by atoms with van der Waals surface area (Å²) in [5, 5.41) is 14.6. The third-order valence-electron chi connectivity index (χ3n) is 3.82. The number of esters is 1. The van der Waals surface area contributed by atoms with Gasteiger partial charge in [0.2, 0.25) is 0 Å². The van der Waals surface area contributed by atoms with Crippen molar-refractivity contribution in [1.82, 2.24) is 15.5 Å². The molecular formula is C14H23N3O4. The van der Waals surface area contributed by atoms with E-state index in [1.54, 1.807) is 6.92 Å². The maximum atomic E-state index is 11.9. The summed E-state index contributed by atoms with van der Waals surface area (Å²) >= 11 is 0. The molecule has 2 rings (SSSR count). The number of urea groups is 1. The van der Waals surface area contributed by atoms with E-state index in [-0.39, 0.29) is 25.1 Å². The fourth-order valence-corrected chi connectivity index (χ4v) is 2.75. The van der Waals surface area contributed by atoms with Crippen LogP contribution in [0.15, 0.2) is 11.3 Å². The second-order valence-electron chi connectivity index (χ2n) is 5.41. The Morgan fingerprint density at radius 1 is 1.52 bits per heavy atom. The van der Waals surface area contributed by atoms with Gasteiger partial charge in [0.15, 0.2) is 0 Å². The molecule has 1 saturated heterocycles. The maximum absolute atomic E-state index is 11.9. The summed E-state index contributed by atoms with van der Waals surface area (Å²) in [5.74, 6) is -0.126. The minimum atomic E-state index is -0.393. The Kier molecular flexibility index (Phi) is 5.58. The van der Waals surface area contributed by atoms with E-state index in [0.717, 1.165) is 25.9 Å². The van der Waals surface area contributed by atoms with Crippen LogP contribution < -0.4 is 10.6 Å². The Hall–Kier alpha value is -1.60. The molecule has 118 valence electrons. The molecule has 1 fully saturated rings. The Balaban J connectivity index is 2.08. The van der Waals surface area contributed by atoms with Crippen LogP contribution in [0.4, 0.5) is 4.79 Å². The molecule has 7 heteroatoms. The molecule has 1 unspecified atom stereocenters. The number of aliphatic hydroxyl groups is 1. The van der Waals surface area contributed by atoms with E-state index in [1.165, 1.54) is 0 Å². The average molecular weight is 297 g/mol. The van der Waals surface area contributed by atoms with E-state index in [1.807, 2.05) is 0 Å². The first-order chi connectivity index (χ1) is 10.1. The van der Waals surface area contributed by atoms with Gasteiger partial charge in [-0.3, -0.25) is 4.90 Å². The van der Waals surface area contributed by atoms with E-state index in [9.17, 15) is 14.7 Å². The first-order valence-corrected chi connectivity index (χ1v) is 7.41. The molecule has 7 nitrogen and oxygen atoms in total. The standard InChI is InChI=1S/C14H23N3O4/c1-2-21-13(19)11-6-15-14(20)16-12(11)8-17-5-3-4-10(7-17)9-18/h10,18H,2-9H2,1H3,(H2,15,16,20). The Morgan fingerprint density at radius 3 is 3.05 bits per heavy atom. The van der Waals surface area contributed by atoms with Crippen LogP contribution in [0.1, 0.15) is 19.8 Å². The van der Waals surface area contributed by atoms with Gasteiger partial charge in [-0.2, -0.15) is 0 Å². The number of hydrogen-bond donors (Lipinski definition) is 3. The SMILES string of the molecule is CCOC(=O)C1=C(CN2CCCC(CO)C2)NC(=O)NC1.